The van der Waals surface area contributed by atoms with Gasteiger partial charge in [0.25, 0.3) is 5.91 Å². The van der Waals surface area contributed by atoms with E-state index in [2.05, 4.69) is 20.6 Å². The van der Waals surface area contributed by atoms with Gasteiger partial charge in [-0.1, -0.05) is 23.7 Å². The van der Waals surface area contributed by atoms with E-state index in [0.29, 0.717) is 22.1 Å². The molecule has 0 saturated carbocycles. The molecule has 2 aromatic carbocycles. The molecule has 2 aromatic heterocycles. The summed E-state index contributed by atoms with van der Waals surface area (Å²) in [4.78, 5) is 12.6. The van der Waals surface area contributed by atoms with Gasteiger partial charge in [-0.3, -0.25) is 4.79 Å². The number of amides is 1. The van der Waals surface area contributed by atoms with E-state index in [-0.39, 0.29) is 11.5 Å². The molecule has 0 aliphatic rings. The highest BCUT2D eigenvalue weighted by Gasteiger charge is 2.20. The fourth-order valence-electron chi connectivity index (χ4n) is 3.00. The Morgan fingerprint density at radius 2 is 1.71 bits per heavy atom. The summed E-state index contributed by atoms with van der Waals surface area (Å²) in [6.07, 6.45) is 0. The highest BCUT2D eigenvalue weighted by Crippen LogP contribution is 2.28. The molecule has 0 saturated heterocycles. The quantitative estimate of drug-likeness (QED) is 0.556. The molecular weight excluding hydrogens is 381 g/mol. The molecule has 0 bridgehead atoms. The summed E-state index contributed by atoms with van der Waals surface area (Å²) in [6, 6.07) is 12.9. The van der Waals surface area contributed by atoms with Crippen molar-refractivity contribution < 1.29 is 9.18 Å². The molecule has 0 atom stereocenters. The Bertz CT molecular complexity index is 1190. The Morgan fingerprint density at radius 1 is 1.04 bits per heavy atom. The van der Waals surface area contributed by atoms with Gasteiger partial charge >= 0.3 is 0 Å². The van der Waals surface area contributed by atoms with Crippen molar-refractivity contribution in [2.24, 2.45) is 0 Å². The molecule has 4 aromatic rings. The van der Waals surface area contributed by atoms with Crippen LogP contribution in [0.4, 0.5) is 10.1 Å². The molecule has 140 valence electrons. The lowest BCUT2D eigenvalue weighted by atomic mass is 10.1. The van der Waals surface area contributed by atoms with Gasteiger partial charge in [0.2, 0.25) is 0 Å². The lowest BCUT2D eigenvalue weighted by molar-refractivity contribution is 0.102. The predicted molar refractivity (Wildman–Crippen MR) is 105 cm³/mol. The van der Waals surface area contributed by atoms with Gasteiger partial charge < -0.3 is 5.32 Å². The first-order chi connectivity index (χ1) is 13.4. The second-order valence-corrected chi connectivity index (χ2v) is 6.73. The highest BCUT2D eigenvalue weighted by molar-refractivity contribution is 6.30. The second kappa shape index (κ2) is 7.01. The molecule has 0 spiro atoms. The summed E-state index contributed by atoms with van der Waals surface area (Å²) in [5.41, 5.74) is 4.21. The molecule has 1 amide bonds. The van der Waals surface area contributed by atoms with Crippen molar-refractivity contribution in [2.75, 3.05) is 5.32 Å². The van der Waals surface area contributed by atoms with Crippen molar-refractivity contribution in [3.05, 3.63) is 76.5 Å². The minimum atomic E-state index is -0.445. The van der Waals surface area contributed by atoms with Gasteiger partial charge in [0.05, 0.1) is 17.0 Å². The summed E-state index contributed by atoms with van der Waals surface area (Å²) in [5, 5.41) is 16.2. The fourth-order valence-corrected chi connectivity index (χ4v) is 3.13. The van der Waals surface area contributed by atoms with Crippen LogP contribution in [-0.4, -0.2) is 25.7 Å². The van der Waals surface area contributed by atoms with Crippen LogP contribution in [0.2, 0.25) is 5.02 Å². The van der Waals surface area contributed by atoms with Crippen LogP contribution in [0.15, 0.2) is 48.5 Å². The number of carbonyl (C=O) groups is 1. The third-order valence-corrected chi connectivity index (χ3v) is 4.64. The second-order valence-electron chi connectivity index (χ2n) is 6.30. The minimum absolute atomic E-state index is 0.141. The van der Waals surface area contributed by atoms with Crippen molar-refractivity contribution >= 4 is 28.8 Å². The fraction of sp³-hybridized carbons (Fsp3) is 0.100. The Balaban J connectivity index is 1.74. The van der Waals surface area contributed by atoms with Crippen LogP contribution in [0.3, 0.4) is 0 Å². The zero-order chi connectivity index (χ0) is 19.8. The topological polar surface area (TPSA) is 72.2 Å². The molecule has 28 heavy (non-hydrogen) atoms. The summed E-state index contributed by atoms with van der Waals surface area (Å²) >= 11 is 5.97. The van der Waals surface area contributed by atoms with E-state index in [1.807, 2.05) is 19.1 Å². The number of benzene rings is 2. The first-order valence-electron chi connectivity index (χ1n) is 8.49. The zero-order valence-corrected chi connectivity index (χ0v) is 15.8. The number of rotatable bonds is 3. The number of aryl methyl sites for hydroxylation is 2. The van der Waals surface area contributed by atoms with Crippen molar-refractivity contribution in [2.45, 2.75) is 13.8 Å². The van der Waals surface area contributed by atoms with Crippen LogP contribution in [-0.2, 0) is 0 Å². The number of halogens is 2. The van der Waals surface area contributed by atoms with Gasteiger partial charge in [0, 0.05) is 10.7 Å². The average Bonchev–Trinajstić information content (AvgIpc) is 3.01. The lowest BCUT2D eigenvalue weighted by Gasteiger charge is -2.08. The maximum absolute atomic E-state index is 13.0. The highest BCUT2D eigenvalue weighted by atomic mass is 35.5. The first kappa shape index (κ1) is 18.1. The monoisotopic (exact) mass is 395 g/mol. The number of fused-ring (bicyclic) bond motifs is 1. The van der Waals surface area contributed by atoms with Crippen LogP contribution in [0, 0.1) is 19.7 Å². The summed E-state index contributed by atoms with van der Waals surface area (Å²) < 4.78 is 14.6. The predicted octanol–water partition coefficient (Wildman–Crippen LogP) is 4.45. The number of hydrogen-bond acceptors (Lipinski definition) is 4. The maximum Gasteiger partial charge on any atom is 0.278 e. The summed E-state index contributed by atoms with van der Waals surface area (Å²) in [6.45, 7) is 3.62. The zero-order valence-electron chi connectivity index (χ0n) is 15.1. The van der Waals surface area contributed by atoms with Crippen LogP contribution in [0.25, 0.3) is 16.8 Å². The van der Waals surface area contributed by atoms with Crippen LogP contribution >= 0.6 is 11.6 Å². The molecular formula is C20H15ClFN5O. The Kier molecular flexibility index (Phi) is 4.52. The van der Waals surface area contributed by atoms with Crippen molar-refractivity contribution in [1.29, 1.82) is 0 Å². The number of nitrogens with zero attached hydrogens (tertiary/aromatic N) is 4. The van der Waals surface area contributed by atoms with Gasteiger partial charge in [-0.2, -0.15) is 5.10 Å². The van der Waals surface area contributed by atoms with Gasteiger partial charge in [-0.15, -0.1) is 10.2 Å². The number of carbonyl (C=O) groups excluding carboxylic acids is 1. The van der Waals surface area contributed by atoms with E-state index in [1.165, 1.54) is 24.3 Å². The minimum Gasteiger partial charge on any atom is -0.321 e. The number of hydrogen-bond donors (Lipinski definition) is 1. The van der Waals surface area contributed by atoms with E-state index < -0.39 is 5.91 Å². The van der Waals surface area contributed by atoms with Crippen molar-refractivity contribution in [3.63, 3.8) is 0 Å². The van der Waals surface area contributed by atoms with Crippen molar-refractivity contribution in [3.8, 4) is 11.1 Å². The van der Waals surface area contributed by atoms with Gasteiger partial charge in [-0.25, -0.2) is 8.91 Å². The summed E-state index contributed by atoms with van der Waals surface area (Å²) in [5.74, 6) is -0.822. The van der Waals surface area contributed by atoms with Gasteiger partial charge in [-0.05, 0) is 55.8 Å². The molecule has 4 rings (SSSR count). The summed E-state index contributed by atoms with van der Waals surface area (Å²) in [7, 11) is 0. The van der Waals surface area contributed by atoms with Gasteiger partial charge in [0.1, 0.15) is 5.82 Å². The maximum atomic E-state index is 13.0. The molecule has 2 heterocycles. The third kappa shape index (κ3) is 3.20. The number of nitrogens with one attached hydrogen (secondary N) is 1. The lowest BCUT2D eigenvalue weighted by Crippen LogP contribution is -2.18. The molecule has 6 nitrogen and oxygen atoms in total. The standard InChI is InChI=1S/C20H15ClFN5O/c1-11-17(13-3-5-14(21)6-4-13)19-25-24-18(12(2)27(19)26-11)20(28)23-16-9-7-15(22)8-10-16/h3-10H,1-2H3,(H,23,28). The Morgan fingerprint density at radius 3 is 2.39 bits per heavy atom. The SMILES string of the molecule is Cc1nn2c(C)c(C(=O)Nc3ccc(F)cc3)nnc2c1-c1ccc(Cl)cc1. The molecule has 0 aliphatic carbocycles. The molecule has 0 aliphatic heterocycles. The van der Waals surface area contributed by atoms with E-state index in [0.717, 1.165) is 16.8 Å². The molecule has 0 radical (unpaired) electrons. The van der Waals surface area contributed by atoms with E-state index in [4.69, 9.17) is 11.6 Å². The van der Waals surface area contributed by atoms with E-state index in [1.54, 1.807) is 23.6 Å². The third-order valence-electron chi connectivity index (χ3n) is 4.39. The molecule has 0 unspecified atom stereocenters. The largest absolute Gasteiger partial charge is 0.321 e. The Labute approximate surface area is 165 Å². The van der Waals surface area contributed by atoms with Crippen LogP contribution < -0.4 is 5.32 Å². The van der Waals surface area contributed by atoms with Crippen LogP contribution in [0.1, 0.15) is 21.9 Å². The number of anilines is 1. The number of aromatic nitrogens is 4. The molecule has 1 N–H and O–H groups in total. The average molecular weight is 396 g/mol. The van der Waals surface area contributed by atoms with Crippen LogP contribution in [0.5, 0.6) is 0 Å². The van der Waals surface area contributed by atoms with E-state index >= 15 is 0 Å². The smallest absolute Gasteiger partial charge is 0.278 e. The normalized spacial score (nSPS) is 11.0. The molecule has 8 heteroatoms. The van der Waals surface area contributed by atoms with Gasteiger partial charge in [0.15, 0.2) is 11.3 Å². The van der Waals surface area contributed by atoms with E-state index in [9.17, 15) is 9.18 Å². The molecule has 0 fully saturated rings. The Hall–Kier alpha value is -3.32. The van der Waals surface area contributed by atoms with Crippen molar-refractivity contribution in [1.82, 2.24) is 19.8 Å². The first-order valence-corrected chi connectivity index (χ1v) is 8.87.